The molecular formula is C18H18F3NO3. The normalized spacial score (nSPS) is 14.1. The van der Waals surface area contributed by atoms with Crippen molar-refractivity contribution in [3.05, 3.63) is 65.2 Å². The smallest absolute Gasteiger partial charge is 0.416 e. The zero-order valence-corrected chi connectivity index (χ0v) is 13.5. The highest BCUT2D eigenvalue weighted by molar-refractivity contribution is 5.71. The van der Waals surface area contributed by atoms with Crippen molar-refractivity contribution >= 4 is 5.97 Å². The van der Waals surface area contributed by atoms with E-state index in [2.05, 4.69) is 5.32 Å². The number of para-hydroxylation sites is 1. The monoisotopic (exact) mass is 353 g/mol. The van der Waals surface area contributed by atoms with Gasteiger partial charge in [-0.1, -0.05) is 37.3 Å². The first-order valence-corrected chi connectivity index (χ1v) is 7.63. The maximum absolute atomic E-state index is 12.8. The number of halogens is 3. The lowest BCUT2D eigenvalue weighted by atomic mass is 9.79. The van der Waals surface area contributed by atoms with Gasteiger partial charge in [-0.05, 0) is 30.3 Å². The van der Waals surface area contributed by atoms with E-state index in [1.165, 1.54) is 18.2 Å². The molecule has 25 heavy (non-hydrogen) atoms. The van der Waals surface area contributed by atoms with E-state index < -0.39 is 29.7 Å². The molecule has 0 fully saturated rings. The Bertz CT molecular complexity index is 744. The maximum atomic E-state index is 12.8. The quantitative estimate of drug-likeness (QED) is 0.740. The predicted octanol–water partition coefficient (Wildman–Crippen LogP) is 3.74. The first kappa shape index (κ1) is 18.8. The molecule has 0 heterocycles. The van der Waals surface area contributed by atoms with Crippen LogP contribution in [0.1, 0.15) is 30.0 Å². The Morgan fingerprint density at radius 1 is 1.04 bits per heavy atom. The molecule has 0 spiro atoms. The van der Waals surface area contributed by atoms with Crippen molar-refractivity contribution in [1.29, 1.82) is 0 Å². The minimum Gasteiger partial charge on any atom is -0.508 e. The first-order valence-electron chi connectivity index (χ1n) is 7.63. The number of aliphatic carboxylic acids is 1. The summed E-state index contributed by atoms with van der Waals surface area (Å²) >= 11 is 0. The number of phenolic OH excluding ortho intramolecular Hbond substituents is 1. The second-order valence-electron chi connectivity index (χ2n) is 5.60. The maximum Gasteiger partial charge on any atom is 0.416 e. The van der Waals surface area contributed by atoms with Gasteiger partial charge in [-0.2, -0.15) is 13.2 Å². The minimum absolute atomic E-state index is 0.135. The Labute approximate surface area is 142 Å². The molecule has 0 aliphatic carbocycles. The van der Waals surface area contributed by atoms with Crippen molar-refractivity contribution in [2.75, 3.05) is 6.54 Å². The van der Waals surface area contributed by atoms with Crippen LogP contribution in [0.15, 0.2) is 48.5 Å². The molecule has 4 nitrogen and oxygen atoms in total. The number of benzene rings is 2. The van der Waals surface area contributed by atoms with Crippen LogP contribution in [0, 0.1) is 0 Å². The molecule has 0 aromatic heterocycles. The summed E-state index contributed by atoms with van der Waals surface area (Å²) in [4.78, 5) is 11.5. The second kappa shape index (κ2) is 7.14. The third-order valence-electron chi connectivity index (χ3n) is 3.96. The fourth-order valence-corrected chi connectivity index (χ4v) is 2.92. The van der Waals surface area contributed by atoms with Gasteiger partial charge >= 0.3 is 12.1 Å². The number of rotatable bonds is 6. The van der Waals surface area contributed by atoms with Crippen LogP contribution in [-0.4, -0.2) is 22.7 Å². The molecular weight excluding hydrogens is 335 g/mol. The van der Waals surface area contributed by atoms with E-state index in [1.807, 2.05) is 0 Å². The number of nitrogens with one attached hydrogen (secondary N) is 1. The fraction of sp³-hybridized carbons (Fsp3) is 0.278. The summed E-state index contributed by atoms with van der Waals surface area (Å²) in [6.45, 7) is 2.10. The lowest BCUT2D eigenvalue weighted by Crippen LogP contribution is -2.45. The van der Waals surface area contributed by atoms with Crippen LogP contribution in [0.3, 0.4) is 0 Å². The van der Waals surface area contributed by atoms with Crippen molar-refractivity contribution in [2.24, 2.45) is 0 Å². The Morgan fingerprint density at radius 2 is 1.60 bits per heavy atom. The van der Waals surface area contributed by atoms with Gasteiger partial charge in [0.25, 0.3) is 0 Å². The van der Waals surface area contributed by atoms with Crippen molar-refractivity contribution < 1.29 is 28.2 Å². The van der Waals surface area contributed by atoms with Gasteiger partial charge in [-0.25, -0.2) is 0 Å². The molecule has 1 atom stereocenters. The molecule has 7 heteroatoms. The molecule has 0 saturated heterocycles. The van der Waals surface area contributed by atoms with Gasteiger partial charge in [0.15, 0.2) is 0 Å². The summed E-state index contributed by atoms with van der Waals surface area (Å²) in [6.07, 6.45) is -4.93. The van der Waals surface area contributed by atoms with E-state index in [0.29, 0.717) is 17.7 Å². The molecule has 0 aliphatic rings. The highest BCUT2D eigenvalue weighted by Gasteiger charge is 2.39. The van der Waals surface area contributed by atoms with E-state index >= 15 is 0 Å². The van der Waals surface area contributed by atoms with Crippen LogP contribution in [0.2, 0.25) is 0 Å². The van der Waals surface area contributed by atoms with Crippen molar-refractivity contribution in [2.45, 2.75) is 25.1 Å². The Kier molecular flexibility index (Phi) is 5.37. The third-order valence-corrected chi connectivity index (χ3v) is 3.96. The molecule has 0 bridgehead atoms. The average Bonchev–Trinajstić information content (AvgIpc) is 2.54. The Balaban J connectivity index is 2.65. The Hall–Kier alpha value is -2.54. The summed E-state index contributed by atoms with van der Waals surface area (Å²) in [5.74, 6) is -1.28. The highest BCUT2D eigenvalue weighted by atomic mass is 19.4. The topological polar surface area (TPSA) is 69.6 Å². The zero-order valence-electron chi connectivity index (χ0n) is 13.5. The fourth-order valence-electron chi connectivity index (χ4n) is 2.92. The van der Waals surface area contributed by atoms with Gasteiger partial charge in [0.05, 0.1) is 17.5 Å². The van der Waals surface area contributed by atoms with Crippen molar-refractivity contribution in [3.8, 4) is 5.75 Å². The molecule has 2 aromatic carbocycles. The van der Waals surface area contributed by atoms with Gasteiger partial charge in [-0.3, -0.25) is 4.79 Å². The summed E-state index contributed by atoms with van der Waals surface area (Å²) in [7, 11) is 0. The summed E-state index contributed by atoms with van der Waals surface area (Å²) < 4.78 is 38.4. The van der Waals surface area contributed by atoms with Crippen LogP contribution < -0.4 is 5.32 Å². The van der Waals surface area contributed by atoms with E-state index in [0.717, 1.165) is 12.1 Å². The van der Waals surface area contributed by atoms with Crippen LogP contribution in [0.25, 0.3) is 0 Å². The molecule has 1 unspecified atom stereocenters. The SMILES string of the molecule is CCNC(CC(=O)O)(c1ccc(C(F)(F)F)cc1)c1ccccc1O. The molecule has 0 saturated carbocycles. The first-order chi connectivity index (χ1) is 11.7. The average molecular weight is 353 g/mol. The van der Waals surface area contributed by atoms with Gasteiger partial charge in [0.2, 0.25) is 0 Å². The van der Waals surface area contributed by atoms with Crippen LogP contribution in [-0.2, 0) is 16.5 Å². The number of carboxylic acids is 1. The van der Waals surface area contributed by atoms with Crippen LogP contribution >= 0.6 is 0 Å². The third kappa shape index (κ3) is 3.93. The molecule has 2 aromatic rings. The number of aromatic hydroxyl groups is 1. The van der Waals surface area contributed by atoms with E-state index in [4.69, 9.17) is 0 Å². The highest BCUT2D eigenvalue weighted by Crippen LogP contribution is 2.39. The number of hydrogen-bond acceptors (Lipinski definition) is 3. The molecule has 3 N–H and O–H groups in total. The van der Waals surface area contributed by atoms with Crippen molar-refractivity contribution in [1.82, 2.24) is 5.32 Å². The van der Waals surface area contributed by atoms with Crippen molar-refractivity contribution in [3.63, 3.8) is 0 Å². The van der Waals surface area contributed by atoms with Gasteiger partial charge < -0.3 is 15.5 Å². The number of hydrogen-bond donors (Lipinski definition) is 3. The lowest BCUT2D eigenvalue weighted by molar-refractivity contribution is -0.139. The van der Waals surface area contributed by atoms with Crippen LogP contribution in [0.4, 0.5) is 13.2 Å². The molecule has 0 radical (unpaired) electrons. The number of alkyl halides is 3. The summed E-state index contributed by atoms with van der Waals surface area (Å²) in [5.41, 5.74) is -1.56. The zero-order chi connectivity index (χ0) is 18.7. The lowest BCUT2D eigenvalue weighted by Gasteiger charge is -2.35. The molecule has 2 rings (SSSR count). The standard InChI is InChI=1S/C18H18F3NO3/c1-2-22-17(11-16(24)25,14-5-3-4-6-15(14)23)12-7-9-13(10-8-12)18(19,20)21/h3-10,22-23H,2,11H2,1H3,(H,24,25). The van der Waals surface area contributed by atoms with Gasteiger partial charge in [0.1, 0.15) is 5.75 Å². The molecule has 134 valence electrons. The van der Waals surface area contributed by atoms with E-state index in [-0.39, 0.29) is 5.75 Å². The number of phenols is 1. The number of carbonyl (C=O) groups is 1. The number of carboxylic acid groups (broad SMARTS) is 1. The predicted molar refractivity (Wildman–Crippen MR) is 86.3 cm³/mol. The van der Waals surface area contributed by atoms with E-state index in [1.54, 1.807) is 25.1 Å². The summed E-state index contributed by atoms with van der Waals surface area (Å²) in [6, 6.07) is 10.5. The molecule has 0 aliphatic heterocycles. The van der Waals surface area contributed by atoms with Crippen LogP contribution in [0.5, 0.6) is 5.75 Å². The largest absolute Gasteiger partial charge is 0.508 e. The van der Waals surface area contributed by atoms with E-state index in [9.17, 15) is 28.2 Å². The van der Waals surface area contributed by atoms with Gasteiger partial charge in [-0.15, -0.1) is 0 Å². The summed E-state index contributed by atoms with van der Waals surface area (Å²) in [5, 5.41) is 22.6. The van der Waals surface area contributed by atoms with Gasteiger partial charge in [0, 0.05) is 5.56 Å². The molecule has 0 amide bonds. The minimum atomic E-state index is -4.49. The second-order valence-corrected chi connectivity index (χ2v) is 5.60. The Morgan fingerprint density at radius 3 is 2.08 bits per heavy atom.